The Hall–Kier alpha value is -1.71. The van der Waals surface area contributed by atoms with E-state index in [9.17, 15) is 4.79 Å². The van der Waals surface area contributed by atoms with Gasteiger partial charge in [-0.3, -0.25) is 4.79 Å². The van der Waals surface area contributed by atoms with Crippen molar-refractivity contribution in [3.05, 3.63) is 63.1 Å². The average Bonchev–Trinajstić information content (AvgIpc) is 2.98. The van der Waals surface area contributed by atoms with Crippen LogP contribution in [-0.4, -0.2) is 19.6 Å². The lowest BCUT2D eigenvalue weighted by Gasteiger charge is -2.45. The molecule has 0 aromatic heterocycles. The molecule has 1 saturated carbocycles. The van der Waals surface area contributed by atoms with Crippen LogP contribution in [0.15, 0.2) is 36.4 Å². The lowest BCUT2D eigenvalue weighted by molar-refractivity contribution is -0.129. The highest BCUT2D eigenvalue weighted by Gasteiger charge is 2.55. The molecule has 2 aromatic carbocycles. The Labute approximate surface area is 176 Å². The highest BCUT2D eigenvalue weighted by molar-refractivity contribution is 6.31. The van der Waals surface area contributed by atoms with Crippen molar-refractivity contribution in [2.24, 2.45) is 11.3 Å². The van der Waals surface area contributed by atoms with Gasteiger partial charge in [0.25, 0.3) is 0 Å². The predicted molar refractivity (Wildman–Crippen MR) is 114 cm³/mol. The molecule has 4 unspecified atom stereocenters. The summed E-state index contributed by atoms with van der Waals surface area (Å²) in [5.41, 5.74) is 3.10. The third kappa shape index (κ3) is 3.09. The molecular formula is C23H25Cl2NO2. The van der Waals surface area contributed by atoms with Crippen LogP contribution in [0.2, 0.25) is 10.0 Å². The Bertz CT molecular complexity index is 912. The zero-order chi connectivity index (χ0) is 20.1. The van der Waals surface area contributed by atoms with E-state index in [1.165, 1.54) is 11.1 Å². The third-order valence-corrected chi connectivity index (χ3v) is 7.49. The maximum absolute atomic E-state index is 12.7. The van der Waals surface area contributed by atoms with Gasteiger partial charge >= 0.3 is 0 Å². The number of aryl methyl sites for hydroxylation is 1. The minimum absolute atomic E-state index is 0.175. The van der Waals surface area contributed by atoms with E-state index < -0.39 is 0 Å². The number of nitrogens with one attached hydrogen (secondary N) is 1. The lowest BCUT2D eigenvalue weighted by Crippen LogP contribution is -2.41. The van der Waals surface area contributed by atoms with Crippen molar-refractivity contribution in [3.8, 4) is 5.75 Å². The van der Waals surface area contributed by atoms with Crippen LogP contribution in [0.25, 0.3) is 0 Å². The van der Waals surface area contributed by atoms with Gasteiger partial charge in [-0.2, -0.15) is 0 Å². The molecule has 2 aromatic rings. The van der Waals surface area contributed by atoms with Crippen LogP contribution in [0, 0.1) is 18.3 Å². The van der Waals surface area contributed by atoms with Crippen LogP contribution in [0.5, 0.6) is 5.75 Å². The number of fused-ring (bicyclic) bond motifs is 1. The number of carbonyl (C=O) groups excluding carboxylic acids is 1. The maximum Gasteiger partial charge on any atom is 0.226 e. The predicted octanol–water partition coefficient (Wildman–Crippen LogP) is 5.72. The minimum atomic E-state index is -0.338. The van der Waals surface area contributed by atoms with E-state index >= 15 is 0 Å². The number of amides is 1. The number of hydrogen-bond donors (Lipinski definition) is 1. The van der Waals surface area contributed by atoms with Crippen molar-refractivity contribution in [2.45, 2.75) is 38.5 Å². The van der Waals surface area contributed by atoms with Crippen LogP contribution in [0.4, 0.5) is 0 Å². The SMILES string of the molecule is COc1cc(Cl)c(C)cc1C1CCC2(C)C(=O)NCC2C1c1ccc(Cl)cc1. The van der Waals surface area contributed by atoms with E-state index in [1.807, 2.05) is 25.1 Å². The van der Waals surface area contributed by atoms with Gasteiger partial charge in [-0.15, -0.1) is 0 Å². The van der Waals surface area contributed by atoms with Gasteiger partial charge in [0.2, 0.25) is 5.91 Å². The summed E-state index contributed by atoms with van der Waals surface area (Å²) in [7, 11) is 1.69. The summed E-state index contributed by atoms with van der Waals surface area (Å²) in [6, 6.07) is 12.1. The van der Waals surface area contributed by atoms with E-state index in [0.717, 1.165) is 29.2 Å². The fourth-order valence-corrected chi connectivity index (χ4v) is 5.47. The molecule has 4 atom stereocenters. The van der Waals surface area contributed by atoms with Gasteiger partial charge in [-0.1, -0.05) is 48.3 Å². The Kier molecular flexibility index (Phi) is 5.09. The summed E-state index contributed by atoms with van der Waals surface area (Å²) in [5, 5.41) is 4.55. The summed E-state index contributed by atoms with van der Waals surface area (Å²) >= 11 is 12.5. The molecule has 1 N–H and O–H groups in total. The normalized spacial score (nSPS) is 29.3. The van der Waals surface area contributed by atoms with Gasteiger partial charge in [0.15, 0.2) is 0 Å². The number of rotatable bonds is 3. The van der Waals surface area contributed by atoms with E-state index in [-0.39, 0.29) is 29.1 Å². The Morgan fingerprint density at radius 2 is 1.89 bits per heavy atom. The second-order valence-electron chi connectivity index (χ2n) is 8.30. The molecule has 5 heteroatoms. The zero-order valence-corrected chi connectivity index (χ0v) is 17.9. The first-order valence-corrected chi connectivity index (χ1v) is 10.5. The van der Waals surface area contributed by atoms with E-state index in [4.69, 9.17) is 27.9 Å². The summed E-state index contributed by atoms with van der Waals surface area (Å²) in [5.74, 6) is 1.66. The highest BCUT2D eigenvalue weighted by atomic mass is 35.5. The molecule has 1 heterocycles. The first kappa shape index (κ1) is 19.6. The van der Waals surface area contributed by atoms with Gasteiger partial charge in [0, 0.05) is 16.6 Å². The Morgan fingerprint density at radius 1 is 1.18 bits per heavy atom. The van der Waals surface area contributed by atoms with Crippen LogP contribution in [0.1, 0.15) is 48.3 Å². The van der Waals surface area contributed by atoms with Crippen molar-refractivity contribution >= 4 is 29.1 Å². The molecule has 0 bridgehead atoms. The van der Waals surface area contributed by atoms with E-state index in [0.29, 0.717) is 11.6 Å². The molecule has 2 aliphatic rings. The largest absolute Gasteiger partial charge is 0.496 e. The minimum Gasteiger partial charge on any atom is -0.496 e. The fraction of sp³-hybridized carbons (Fsp3) is 0.435. The average molecular weight is 418 g/mol. The maximum atomic E-state index is 12.7. The van der Waals surface area contributed by atoms with E-state index in [1.54, 1.807) is 7.11 Å². The van der Waals surface area contributed by atoms with Crippen LogP contribution in [0.3, 0.4) is 0 Å². The summed E-state index contributed by atoms with van der Waals surface area (Å²) in [6.45, 7) is 4.84. The second-order valence-corrected chi connectivity index (χ2v) is 9.14. The summed E-state index contributed by atoms with van der Waals surface area (Å²) < 4.78 is 5.71. The first-order chi connectivity index (χ1) is 13.3. The number of benzene rings is 2. The van der Waals surface area contributed by atoms with Crippen molar-refractivity contribution in [1.82, 2.24) is 5.32 Å². The summed E-state index contributed by atoms with van der Waals surface area (Å²) in [4.78, 5) is 12.7. The lowest BCUT2D eigenvalue weighted by atomic mass is 9.57. The molecule has 0 spiro atoms. The number of carbonyl (C=O) groups is 1. The second kappa shape index (κ2) is 7.27. The molecule has 148 valence electrons. The van der Waals surface area contributed by atoms with Gasteiger partial charge in [0.1, 0.15) is 5.75 Å². The van der Waals surface area contributed by atoms with Crippen molar-refractivity contribution in [1.29, 1.82) is 0 Å². The third-order valence-electron chi connectivity index (χ3n) is 6.83. The smallest absolute Gasteiger partial charge is 0.226 e. The molecule has 0 radical (unpaired) electrons. The van der Waals surface area contributed by atoms with Crippen LogP contribution < -0.4 is 10.1 Å². The first-order valence-electron chi connectivity index (χ1n) is 9.73. The molecule has 1 aliphatic heterocycles. The molecule has 1 saturated heterocycles. The quantitative estimate of drug-likeness (QED) is 0.692. The van der Waals surface area contributed by atoms with Gasteiger partial charge in [-0.05, 0) is 72.4 Å². The molecule has 4 rings (SSSR count). The van der Waals surface area contributed by atoms with Crippen LogP contribution >= 0.6 is 23.2 Å². The molecule has 28 heavy (non-hydrogen) atoms. The van der Waals surface area contributed by atoms with Crippen molar-refractivity contribution < 1.29 is 9.53 Å². The monoisotopic (exact) mass is 417 g/mol. The topological polar surface area (TPSA) is 38.3 Å². The number of ether oxygens (including phenoxy) is 1. The van der Waals surface area contributed by atoms with Crippen LogP contribution in [-0.2, 0) is 4.79 Å². The molecule has 1 aliphatic carbocycles. The fourth-order valence-electron chi connectivity index (χ4n) is 5.19. The van der Waals surface area contributed by atoms with E-state index in [2.05, 4.69) is 30.4 Å². The molecule has 1 amide bonds. The van der Waals surface area contributed by atoms with Crippen molar-refractivity contribution in [2.75, 3.05) is 13.7 Å². The molecular weight excluding hydrogens is 393 g/mol. The van der Waals surface area contributed by atoms with Gasteiger partial charge < -0.3 is 10.1 Å². The number of methoxy groups -OCH3 is 1. The van der Waals surface area contributed by atoms with Gasteiger partial charge in [0.05, 0.1) is 12.5 Å². The van der Waals surface area contributed by atoms with Crippen molar-refractivity contribution in [3.63, 3.8) is 0 Å². The summed E-state index contributed by atoms with van der Waals surface area (Å²) in [6.07, 6.45) is 1.79. The Morgan fingerprint density at radius 3 is 2.57 bits per heavy atom. The highest BCUT2D eigenvalue weighted by Crippen LogP contribution is 2.58. The number of halogens is 2. The molecule has 2 fully saturated rings. The molecule has 3 nitrogen and oxygen atoms in total. The Balaban J connectivity index is 1.85. The zero-order valence-electron chi connectivity index (χ0n) is 16.4. The standard InChI is InChI=1S/C23H25Cl2NO2/c1-13-10-17(20(28-3)11-19(13)25)16-8-9-23(2)18(12-26-22(23)27)21(16)14-4-6-15(24)7-5-14/h4-7,10-11,16,18,21H,8-9,12H2,1-3H3,(H,26,27). The number of hydrogen-bond acceptors (Lipinski definition) is 2. The van der Waals surface area contributed by atoms with Gasteiger partial charge in [-0.25, -0.2) is 0 Å².